The average Bonchev–Trinajstić information content (AvgIpc) is 3.05. The zero-order valence-corrected chi connectivity index (χ0v) is 26.6. The Hall–Kier alpha value is -4.55. The van der Waals surface area contributed by atoms with Crippen LogP contribution < -0.4 is 24.8 Å². The van der Waals surface area contributed by atoms with Gasteiger partial charge in [-0.05, 0) is 48.4 Å². The predicted octanol–water partition coefficient (Wildman–Crippen LogP) is 4.53. The number of carbonyl (C=O) groups excluding carboxylic acids is 1. The number of carboxylic acid groups (broad SMARTS) is 2. The fourth-order valence-electron chi connectivity index (χ4n) is 4.94. The number of fused-ring (bicyclic) bond motifs is 1. The topological polar surface area (TPSA) is 162 Å². The number of rotatable bonds is 22. The minimum atomic E-state index is -1.78. The third-order valence-corrected chi connectivity index (χ3v) is 7.28. The van der Waals surface area contributed by atoms with Crippen LogP contribution in [0.3, 0.4) is 0 Å². The van der Waals surface area contributed by atoms with Gasteiger partial charge in [-0.15, -0.1) is 0 Å². The highest BCUT2D eigenvalue weighted by Crippen LogP contribution is 2.39. The lowest BCUT2D eigenvalue weighted by atomic mass is 10.0. The van der Waals surface area contributed by atoms with Gasteiger partial charge in [-0.1, -0.05) is 48.9 Å². The number of amides is 1. The molecule has 0 spiro atoms. The zero-order chi connectivity index (χ0) is 33.3. The molecule has 0 radical (unpaired) electrons. The van der Waals surface area contributed by atoms with Gasteiger partial charge < -0.3 is 44.5 Å². The van der Waals surface area contributed by atoms with Gasteiger partial charge in [0.1, 0.15) is 6.61 Å². The first-order valence-corrected chi connectivity index (χ1v) is 15.2. The van der Waals surface area contributed by atoms with E-state index in [0.29, 0.717) is 49.6 Å². The third kappa shape index (κ3) is 11.1. The highest BCUT2D eigenvalue weighted by Gasteiger charge is 2.36. The summed E-state index contributed by atoms with van der Waals surface area (Å²) in [5, 5.41) is 27.1. The van der Waals surface area contributed by atoms with Crippen LogP contribution in [0.5, 0.6) is 17.2 Å². The van der Waals surface area contributed by atoms with E-state index in [4.69, 9.17) is 28.8 Å². The lowest BCUT2D eigenvalue weighted by Gasteiger charge is -2.23. The molecule has 3 aromatic carbocycles. The summed E-state index contributed by atoms with van der Waals surface area (Å²) in [6, 6.07) is 18.2. The second kappa shape index (κ2) is 19.1. The number of ether oxygens (including phenoxy) is 5. The molecule has 0 aliphatic carbocycles. The highest BCUT2D eigenvalue weighted by molar-refractivity contribution is 5.88. The van der Waals surface area contributed by atoms with E-state index in [1.54, 1.807) is 12.1 Å². The molecule has 250 valence electrons. The summed E-state index contributed by atoms with van der Waals surface area (Å²) < 4.78 is 26.8. The molecule has 2 unspecified atom stereocenters. The monoisotopic (exact) mass is 640 g/mol. The van der Waals surface area contributed by atoms with E-state index >= 15 is 0 Å². The number of hydrogen-bond acceptors (Lipinski definition) is 9. The molecular formula is C34H44N2O10. The van der Waals surface area contributed by atoms with E-state index in [0.717, 1.165) is 24.9 Å². The summed E-state index contributed by atoms with van der Waals surface area (Å²) in [6.45, 7) is 0.0366. The van der Waals surface area contributed by atoms with Crippen LogP contribution in [0.4, 0.5) is 5.69 Å². The molecule has 0 saturated heterocycles. The molecule has 0 aliphatic heterocycles. The van der Waals surface area contributed by atoms with Gasteiger partial charge in [0.25, 0.3) is 5.91 Å². The molecule has 0 saturated carbocycles. The van der Waals surface area contributed by atoms with E-state index in [2.05, 4.69) is 41.0 Å². The van der Waals surface area contributed by atoms with Gasteiger partial charge in [0.2, 0.25) is 5.75 Å². The molecule has 12 heteroatoms. The minimum Gasteiger partial charge on any atom is -0.493 e. The normalized spacial score (nSPS) is 12.2. The molecule has 2 atom stereocenters. The number of carboxylic acids is 2. The fourth-order valence-corrected chi connectivity index (χ4v) is 4.94. The van der Waals surface area contributed by atoms with E-state index < -0.39 is 36.7 Å². The third-order valence-electron chi connectivity index (χ3n) is 7.28. The van der Waals surface area contributed by atoms with Gasteiger partial charge in [-0.25, -0.2) is 9.59 Å². The van der Waals surface area contributed by atoms with Gasteiger partial charge in [0.15, 0.2) is 23.7 Å². The second-order valence-corrected chi connectivity index (χ2v) is 10.6. The van der Waals surface area contributed by atoms with Crippen LogP contribution in [0.2, 0.25) is 0 Å². The quantitative estimate of drug-likeness (QED) is 0.114. The number of benzene rings is 3. The maximum Gasteiger partial charge on any atom is 0.336 e. The minimum absolute atomic E-state index is 0.0565. The van der Waals surface area contributed by atoms with Gasteiger partial charge in [-0.3, -0.25) is 4.79 Å². The van der Waals surface area contributed by atoms with Crippen LogP contribution in [0.1, 0.15) is 37.7 Å². The van der Waals surface area contributed by atoms with Crippen LogP contribution in [0, 0.1) is 0 Å². The van der Waals surface area contributed by atoms with E-state index in [1.165, 1.54) is 37.7 Å². The number of unbranched alkanes of at least 4 members (excludes halogenated alkanes) is 3. The van der Waals surface area contributed by atoms with Crippen molar-refractivity contribution in [1.29, 1.82) is 0 Å². The Morgan fingerprint density at radius 1 is 0.739 bits per heavy atom. The Kier molecular flexibility index (Phi) is 14.9. The summed E-state index contributed by atoms with van der Waals surface area (Å²) in [6.07, 6.45) is 1.19. The van der Waals surface area contributed by atoms with Crippen molar-refractivity contribution in [2.45, 2.75) is 50.7 Å². The summed E-state index contributed by atoms with van der Waals surface area (Å²) in [5.41, 5.74) is 1.99. The average molecular weight is 641 g/mol. The Bertz CT molecular complexity index is 1410. The van der Waals surface area contributed by atoms with Crippen molar-refractivity contribution >= 4 is 34.3 Å². The number of anilines is 1. The molecule has 0 heterocycles. The lowest BCUT2D eigenvalue weighted by Crippen LogP contribution is -2.49. The van der Waals surface area contributed by atoms with Crippen LogP contribution in [-0.4, -0.2) is 87.9 Å². The van der Waals surface area contributed by atoms with Gasteiger partial charge in [-0.2, -0.15) is 0 Å². The van der Waals surface area contributed by atoms with Crippen LogP contribution >= 0.6 is 0 Å². The van der Waals surface area contributed by atoms with Crippen LogP contribution in [-0.2, 0) is 30.3 Å². The molecule has 3 aromatic rings. The highest BCUT2D eigenvalue weighted by atomic mass is 16.6. The van der Waals surface area contributed by atoms with Crippen molar-refractivity contribution in [3.05, 3.63) is 60.2 Å². The van der Waals surface area contributed by atoms with Crippen molar-refractivity contribution in [2.75, 3.05) is 52.9 Å². The van der Waals surface area contributed by atoms with Crippen molar-refractivity contribution < 1.29 is 48.3 Å². The summed E-state index contributed by atoms with van der Waals surface area (Å²) in [7, 11) is 4.59. The SMILES string of the molecule is COc1cc(NCCCCOC(C(=O)NCCCCCc2ccc3ccccc3c2)C(OCC(=O)O)C(=O)O)cc(OC)c1OC. The Morgan fingerprint density at radius 2 is 1.43 bits per heavy atom. The number of aryl methyl sites for hydroxylation is 1. The van der Waals surface area contributed by atoms with E-state index in [1.807, 2.05) is 12.1 Å². The molecule has 12 nitrogen and oxygen atoms in total. The molecule has 0 aromatic heterocycles. The summed E-state index contributed by atoms with van der Waals surface area (Å²) in [4.78, 5) is 36.0. The molecule has 0 fully saturated rings. The molecule has 0 aliphatic rings. The van der Waals surface area contributed by atoms with Crippen LogP contribution in [0.15, 0.2) is 54.6 Å². The van der Waals surface area contributed by atoms with Crippen molar-refractivity contribution in [2.24, 2.45) is 0 Å². The number of hydrogen-bond donors (Lipinski definition) is 4. The smallest absolute Gasteiger partial charge is 0.336 e. The first-order chi connectivity index (χ1) is 22.3. The molecule has 46 heavy (non-hydrogen) atoms. The number of carbonyl (C=O) groups is 3. The number of methoxy groups -OCH3 is 3. The number of aliphatic carboxylic acids is 2. The predicted molar refractivity (Wildman–Crippen MR) is 173 cm³/mol. The fraction of sp³-hybridized carbons (Fsp3) is 0.441. The molecule has 4 N–H and O–H groups in total. The standard InChI is InChI=1S/C34H44N2O10/c1-42-27-20-26(21-28(43-2)30(27)44-3)35-16-9-10-18-45-31(32(34(40)41)46-22-29(37)38)33(39)36-17-8-4-5-11-23-14-15-24-12-6-7-13-25(24)19-23/h6-7,12-15,19-21,31-32,35H,4-5,8-11,16-18,22H2,1-3H3,(H,36,39)(H,37,38)(H,40,41). The van der Waals surface area contributed by atoms with Crippen molar-refractivity contribution in [1.82, 2.24) is 5.32 Å². The second-order valence-electron chi connectivity index (χ2n) is 10.6. The van der Waals surface area contributed by atoms with E-state index in [9.17, 15) is 19.5 Å². The molecule has 3 rings (SSSR count). The lowest BCUT2D eigenvalue weighted by molar-refractivity contribution is -0.172. The maximum atomic E-state index is 13.0. The van der Waals surface area contributed by atoms with Gasteiger partial charge in [0.05, 0.1) is 21.3 Å². The maximum absolute atomic E-state index is 13.0. The Labute approximate surface area is 268 Å². The molecule has 1 amide bonds. The first kappa shape index (κ1) is 35.9. The summed E-state index contributed by atoms with van der Waals surface area (Å²) >= 11 is 0. The van der Waals surface area contributed by atoms with Gasteiger partial charge >= 0.3 is 11.9 Å². The number of nitrogens with one attached hydrogen (secondary N) is 2. The van der Waals surface area contributed by atoms with E-state index in [-0.39, 0.29) is 6.61 Å². The van der Waals surface area contributed by atoms with Gasteiger partial charge in [0, 0.05) is 37.5 Å². The van der Waals surface area contributed by atoms with Crippen molar-refractivity contribution in [3.63, 3.8) is 0 Å². The molecular weight excluding hydrogens is 596 g/mol. The Balaban J connectivity index is 1.46. The first-order valence-electron chi connectivity index (χ1n) is 15.2. The van der Waals surface area contributed by atoms with Crippen molar-refractivity contribution in [3.8, 4) is 17.2 Å². The zero-order valence-electron chi connectivity index (χ0n) is 26.6. The largest absolute Gasteiger partial charge is 0.493 e. The Morgan fingerprint density at radius 3 is 2.09 bits per heavy atom. The summed E-state index contributed by atoms with van der Waals surface area (Å²) in [5.74, 6) is -2.01. The molecule has 0 bridgehead atoms. The van der Waals surface area contributed by atoms with Crippen LogP contribution in [0.25, 0.3) is 10.8 Å².